The number of anilines is 1. The van der Waals surface area contributed by atoms with Gasteiger partial charge < -0.3 is 10.6 Å². The van der Waals surface area contributed by atoms with Crippen LogP contribution in [0.4, 0.5) is 5.69 Å². The zero-order chi connectivity index (χ0) is 20.1. The number of allylic oxidation sites excluding steroid dienone is 2. The van der Waals surface area contributed by atoms with E-state index in [-0.39, 0.29) is 5.91 Å². The normalized spacial score (nSPS) is 16.4. The van der Waals surface area contributed by atoms with E-state index in [4.69, 9.17) is 11.6 Å². The molecule has 0 fully saturated rings. The van der Waals surface area contributed by atoms with Crippen molar-refractivity contribution in [3.05, 3.63) is 87.1 Å². The smallest absolute Gasteiger partial charge is 0.254 e. The summed E-state index contributed by atoms with van der Waals surface area (Å²) in [6, 6.07) is 18.9. The van der Waals surface area contributed by atoms with Crippen LogP contribution in [0.15, 0.2) is 76.5 Å². The van der Waals surface area contributed by atoms with E-state index < -0.39 is 5.92 Å². The van der Waals surface area contributed by atoms with Crippen molar-refractivity contribution in [1.29, 1.82) is 5.26 Å². The maximum absolute atomic E-state index is 13.2. The summed E-state index contributed by atoms with van der Waals surface area (Å²) in [6.45, 7) is 3.88. The van der Waals surface area contributed by atoms with Crippen molar-refractivity contribution in [2.24, 2.45) is 0 Å². The number of hydrogen-bond donors (Lipinski definition) is 2. The summed E-state index contributed by atoms with van der Waals surface area (Å²) < 4.78 is 0. The fraction of sp³-hybridized carbons (Fsp3) is 0.182. The van der Waals surface area contributed by atoms with Crippen molar-refractivity contribution >= 4 is 35.0 Å². The van der Waals surface area contributed by atoms with Gasteiger partial charge in [0.15, 0.2) is 0 Å². The largest absolute Gasteiger partial charge is 0.353 e. The Kier molecular flexibility index (Phi) is 6.45. The third kappa shape index (κ3) is 4.09. The molecular weight excluding hydrogens is 390 g/mol. The minimum Gasteiger partial charge on any atom is -0.353 e. The molecule has 1 unspecified atom stereocenters. The van der Waals surface area contributed by atoms with Crippen LogP contribution in [0, 0.1) is 11.3 Å². The highest BCUT2D eigenvalue weighted by Crippen LogP contribution is 2.43. The van der Waals surface area contributed by atoms with Crippen molar-refractivity contribution in [3.63, 3.8) is 0 Å². The lowest BCUT2D eigenvalue weighted by atomic mass is 9.82. The van der Waals surface area contributed by atoms with Crippen LogP contribution in [0.2, 0.25) is 5.02 Å². The lowest BCUT2D eigenvalue weighted by molar-refractivity contribution is -0.113. The Hall–Kier alpha value is -2.68. The van der Waals surface area contributed by atoms with Gasteiger partial charge >= 0.3 is 0 Å². The molecular formula is C22H20ClN3OS. The van der Waals surface area contributed by atoms with E-state index >= 15 is 0 Å². The molecule has 0 bridgehead atoms. The highest BCUT2D eigenvalue weighted by atomic mass is 35.5. The molecule has 2 aromatic carbocycles. The number of nitrogens with zero attached hydrogens (tertiary/aromatic N) is 1. The summed E-state index contributed by atoms with van der Waals surface area (Å²) >= 11 is 8.02. The first-order valence-corrected chi connectivity index (χ1v) is 10.3. The number of rotatable bonds is 5. The lowest BCUT2D eigenvalue weighted by Gasteiger charge is -2.30. The Morgan fingerprint density at radius 3 is 2.54 bits per heavy atom. The maximum atomic E-state index is 13.2. The minimum atomic E-state index is -0.530. The third-order valence-electron chi connectivity index (χ3n) is 4.43. The SMILES string of the molecule is CCSC1=C(C#N)C(c2ccccc2Cl)C(C(=O)Nc2ccccc2)=C(C)N1. The second-order valence-electron chi connectivity index (χ2n) is 6.23. The van der Waals surface area contributed by atoms with Gasteiger partial charge in [-0.25, -0.2) is 0 Å². The summed E-state index contributed by atoms with van der Waals surface area (Å²) in [7, 11) is 0. The van der Waals surface area contributed by atoms with E-state index in [1.165, 1.54) is 0 Å². The molecule has 0 aromatic heterocycles. The number of thioether (sulfide) groups is 1. The molecule has 28 heavy (non-hydrogen) atoms. The molecule has 0 radical (unpaired) electrons. The molecule has 142 valence electrons. The van der Waals surface area contributed by atoms with Crippen molar-refractivity contribution in [2.45, 2.75) is 19.8 Å². The molecule has 4 nitrogen and oxygen atoms in total. The van der Waals surface area contributed by atoms with Crippen molar-refractivity contribution in [1.82, 2.24) is 5.32 Å². The van der Waals surface area contributed by atoms with E-state index in [0.29, 0.717) is 27.6 Å². The predicted octanol–water partition coefficient (Wildman–Crippen LogP) is 5.43. The van der Waals surface area contributed by atoms with Crippen LogP contribution in [0.5, 0.6) is 0 Å². The van der Waals surface area contributed by atoms with Crippen LogP contribution in [0.25, 0.3) is 0 Å². The molecule has 0 saturated carbocycles. The van der Waals surface area contributed by atoms with E-state index in [2.05, 4.69) is 16.7 Å². The molecule has 0 spiro atoms. The van der Waals surface area contributed by atoms with Gasteiger partial charge in [0.1, 0.15) is 0 Å². The fourth-order valence-electron chi connectivity index (χ4n) is 3.21. The van der Waals surface area contributed by atoms with E-state index in [1.807, 2.05) is 62.4 Å². The predicted molar refractivity (Wildman–Crippen MR) is 116 cm³/mol. The monoisotopic (exact) mass is 409 g/mol. The van der Waals surface area contributed by atoms with Gasteiger partial charge in [0, 0.05) is 22.0 Å². The Morgan fingerprint density at radius 1 is 1.21 bits per heavy atom. The number of carbonyl (C=O) groups is 1. The van der Waals surface area contributed by atoms with Gasteiger partial charge in [0.2, 0.25) is 0 Å². The number of halogens is 1. The number of hydrogen-bond acceptors (Lipinski definition) is 4. The van der Waals surface area contributed by atoms with Crippen molar-refractivity contribution < 1.29 is 4.79 Å². The van der Waals surface area contributed by atoms with E-state index in [1.54, 1.807) is 17.8 Å². The first kappa shape index (κ1) is 20.1. The van der Waals surface area contributed by atoms with Gasteiger partial charge in [-0.1, -0.05) is 54.9 Å². The quantitative estimate of drug-likeness (QED) is 0.691. The second kappa shape index (κ2) is 9.01. The Balaban J connectivity index is 2.11. The second-order valence-corrected chi connectivity index (χ2v) is 7.91. The standard InChI is InChI=1S/C22H20ClN3OS/c1-3-28-22-17(13-24)20(16-11-7-8-12-18(16)23)19(14(2)25-22)21(27)26-15-9-5-4-6-10-15/h4-12,20,25H,3H2,1-2H3,(H,26,27). The molecule has 1 atom stereocenters. The number of benzene rings is 2. The summed E-state index contributed by atoms with van der Waals surface area (Å²) in [4.78, 5) is 13.2. The molecule has 1 amide bonds. The number of amides is 1. The highest BCUT2D eigenvalue weighted by Gasteiger charge is 2.35. The Bertz CT molecular complexity index is 992. The summed E-state index contributed by atoms with van der Waals surface area (Å²) in [5.74, 6) is 0.0221. The van der Waals surface area contributed by atoms with Gasteiger partial charge in [0.25, 0.3) is 5.91 Å². The van der Waals surface area contributed by atoms with Gasteiger partial charge in [0.05, 0.1) is 22.6 Å². The zero-order valence-corrected chi connectivity index (χ0v) is 17.2. The van der Waals surface area contributed by atoms with Crippen LogP contribution >= 0.6 is 23.4 Å². The number of carbonyl (C=O) groups excluding carboxylic acids is 1. The summed E-state index contributed by atoms with van der Waals surface area (Å²) in [5, 5.41) is 17.4. The van der Waals surface area contributed by atoms with Gasteiger partial charge in [-0.2, -0.15) is 5.26 Å². The average molecular weight is 410 g/mol. The topological polar surface area (TPSA) is 64.9 Å². The number of nitrogens with one attached hydrogen (secondary N) is 2. The Morgan fingerprint density at radius 2 is 1.89 bits per heavy atom. The van der Waals surface area contributed by atoms with Gasteiger partial charge in [-0.3, -0.25) is 4.79 Å². The highest BCUT2D eigenvalue weighted by molar-refractivity contribution is 8.03. The molecule has 2 aromatic rings. The average Bonchev–Trinajstić information content (AvgIpc) is 2.69. The molecule has 1 aliphatic rings. The molecule has 0 aliphatic carbocycles. The summed E-state index contributed by atoms with van der Waals surface area (Å²) in [6.07, 6.45) is 0. The van der Waals surface area contributed by atoms with Crippen molar-refractivity contribution in [2.75, 3.05) is 11.1 Å². The van der Waals surface area contributed by atoms with Crippen molar-refractivity contribution in [3.8, 4) is 6.07 Å². The van der Waals surface area contributed by atoms with Crippen LogP contribution in [-0.2, 0) is 4.79 Å². The fourth-order valence-corrected chi connectivity index (χ4v) is 4.29. The first-order chi connectivity index (χ1) is 13.6. The molecule has 1 heterocycles. The van der Waals surface area contributed by atoms with Crippen LogP contribution in [0.3, 0.4) is 0 Å². The maximum Gasteiger partial charge on any atom is 0.254 e. The first-order valence-electron chi connectivity index (χ1n) is 8.92. The number of dihydropyridines is 1. The van der Waals surface area contributed by atoms with Gasteiger partial charge in [-0.15, -0.1) is 11.8 Å². The van der Waals surface area contributed by atoms with Crippen LogP contribution < -0.4 is 10.6 Å². The Labute approximate surface area is 174 Å². The molecule has 3 rings (SSSR count). The molecule has 0 saturated heterocycles. The van der Waals surface area contributed by atoms with E-state index in [0.717, 1.165) is 16.3 Å². The lowest BCUT2D eigenvalue weighted by Crippen LogP contribution is -2.30. The summed E-state index contributed by atoms with van der Waals surface area (Å²) in [5.41, 5.74) is 3.15. The van der Waals surface area contributed by atoms with Crippen LogP contribution in [-0.4, -0.2) is 11.7 Å². The van der Waals surface area contributed by atoms with E-state index in [9.17, 15) is 10.1 Å². The number of para-hydroxylation sites is 1. The minimum absolute atomic E-state index is 0.255. The molecule has 6 heteroatoms. The molecule has 1 aliphatic heterocycles. The number of nitriles is 1. The van der Waals surface area contributed by atoms with Crippen LogP contribution in [0.1, 0.15) is 25.3 Å². The van der Waals surface area contributed by atoms with Gasteiger partial charge in [-0.05, 0) is 36.4 Å². The third-order valence-corrected chi connectivity index (χ3v) is 5.67. The zero-order valence-electron chi connectivity index (χ0n) is 15.6. The molecule has 2 N–H and O–H groups in total.